The van der Waals surface area contributed by atoms with Gasteiger partial charge in [0.15, 0.2) is 5.82 Å². The zero-order valence-electron chi connectivity index (χ0n) is 16.4. The van der Waals surface area contributed by atoms with Crippen molar-refractivity contribution >= 4 is 5.52 Å². The minimum Gasteiger partial charge on any atom is -0.496 e. The summed E-state index contributed by atoms with van der Waals surface area (Å²) in [5, 5.41) is 4.60. The summed E-state index contributed by atoms with van der Waals surface area (Å²) in [4.78, 5) is 13.2. The van der Waals surface area contributed by atoms with E-state index in [4.69, 9.17) is 4.74 Å². The number of ether oxygens (including phenoxy) is 1. The summed E-state index contributed by atoms with van der Waals surface area (Å²) >= 11 is 0. The molecular formula is C20H22F3N3O2. The Kier molecular flexibility index (Phi) is 4.99. The molecule has 2 heterocycles. The first-order valence-corrected chi connectivity index (χ1v) is 8.98. The third-order valence-corrected chi connectivity index (χ3v) is 4.79. The first kappa shape index (κ1) is 20.0. The highest BCUT2D eigenvalue weighted by Crippen LogP contribution is 2.36. The van der Waals surface area contributed by atoms with Crippen molar-refractivity contribution in [3.63, 3.8) is 0 Å². The van der Waals surface area contributed by atoms with Crippen LogP contribution in [0.4, 0.5) is 13.2 Å². The summed E-state index contributed by atoms with van der Waals surface area (Å²) < 4.78 is 47.4. The molecule has 0 unspecified atom stereocenters. The van der Waals surface area contributed by atoms with Crippen molar-refractivity contribution in [1.29, 1.82) is 0 Å². The van der Waals surface area contributed by atoms with Gasteiger partial charge in [0, 0.05) is 12.2 Å². The summed E-state index contributed by atoms with van der Waals surface area (Å²) in [6.45, 7) is 7.96. The zero-order chi connectivity index (χ0) is 20.8. The van der Waals surface area contributed by atoms with E-state index in [1.165, 1.54) is 17.7 Å². The van der Waals surface area contributed by atoms with E-state index in [0.717, 1.165) is 23.4 Å². The second kappa shape index (κ2) is 7.00. The molecule has 150 valence electrons. The summed E-state index contributed by atoms with van der Waals surface area (Å²) in [6, 6.07) is 5.11. The van der Waals surface area contributed by atoms with E-state index in [0.29, 0.717) is 17.6 Å². The highest BCUT2D eigenvalue weighted by Gasteiger charge is 2.32. The van der Waals surface area contributed by atoms with Crippen molar-refractivity contribution in [2.45, 2.75) is 46.3 Å². The Labute approximate surface area is 160 Å². The van der Waals surface area contributed by atoms with Gasteiger partial charge in [-0.15, -0.1) is 5.10 Å². The first-order chi connectivity index (χ1) is 13.1. The Morgan fingerprint density at radius 2 is 1.89 bits per heavy atom. The fourth-order valence-electron chi connectivity index (χ4n) is 3.35. The average molecular weight is 393 g/mol. The van der Waals surface area contributed by atoms with Crippen LogP contribution in [0, 0.1) is 6.92 Å². The van der Waals surface area contributed by atoms with Gasteiger partial charge >= 0.3 is 6.18 Å². The minimum atomic E-state index is -4.49. The van der Waals surface area contributed by atoms with E-state index in [1.54, 1.807) is 11.4 Å². The second-order valence-electron chi connectivity index (χ2n) is 6.94. The van der Waals surface area contributed by atoms with Gasteiger partial charge in [0.1, 0.15) is 11.3 Å². The van der Waals surface area contributed by atoms with Crippen LogP contribution < -0.4 is 10.3 Å². The van der Waals surface area contributed by atoms with Crippen molar-refractivity contribution in [3.8, 4) is 17.1 Å². The van der Waals surface area contributed by atoms with Crippen LogP contribution in [0.1, 0.15) is 43.5 Å². The number of hydrogen-bond acceptors (Lipinski definition) is 3. The zero-order valence-corrected chi connectivity index (χ0v) is 16.4. The van der Waals surface area contributed by atoms with E-state index >= 15 is 0 Å². The molecule has 0 spiro atoms. The molecule has 2 aromatic heterocycles. The number of aryl methyl sites for hydroxylation is 1. The lowest BCUT2D eigenvalue weighted by Crippen LogP contribution is -2.26. The van der Waals surface area contributed by atoms with Gasteiger partial charge in [-0.25, -0.2) is 4.52 Å². The molecule has 0 aliphatic carbocycles. The Morgan fingerprint density at radius 3 is 2.43 bits per heavy atom. The quantitative estimate of drug-likeness (QED) is 0.649. The van der Waals surface area contributed by atoms with E-state index in [2.05, 4.69) is 5.10 Å². The van der Waals surface area contributed by atoms with Crippen LogP contribution in [0.5, 0.6) is 5.75 Å². The largest absolute Gasteiger partial charge is 0.496 e. The molecule has 1 aromatic carbocycles. The average Bonchev–Trinajstić information content (AvgIpc) is 2.97. The van der Waals surface area contributed by atoms with Crippen LogP contribution in [-0.4, -0.2) is 21.3 Å². The lowest BCUT2D eigenvalue weighted by Gasteiger charge is -2.16. The SMILES string of the molecule is CCn1c(-c2ccc(C(F)(F)F)cc2OC)nn2c(C)cc(C(C)C)c2c1=O. The number of benzene rings is 1. The number of alkyl halides is 3. The van der Waals surface area contributed by atoms with Crippen LogP contribution in [0.3, 0.4) is 0 Å². The normalized spacial score (nSPS) is 12.2. The Bertz CT molecular complexity index is 1090. The summed E-state index contributed by atoms with van der Waals surface area (Å²) in [5.41, 5.74) is 1.44. The van der Waals surface area contributed by atoms with Gasteiger partial charge in [0.25, 0.3) is 5.56 Å². The fourth-order valence-corrected chi connectivity index (χ4v) is 3.35. The van der Waals surface area contributed by atoms with Crippen LogP contribution in [0.25, 0.3) is 16.9 Å². The lowest BCUT2D eigenvalue weighted by atomic mass is 10.1. The standard InChI is InChI=1S/C20H22F3N3O2/c1-6-25-18(14-8-7-13(20(21,22)23)10-16(14)28-5)24-26-12(4)9-15(11(2)3)17(26)19(25)27/h7-11H,6H2,1-5H3. The molecule has 0 fully saturated rings. The molecule has 0 saturated heterocycles. The number of aromatic nitrogens is 3. The Morgan fingerprint density at radius 1 is 1.21 bits per heavy atom. The number of fused-ring (bicyclic) bond motifs is 1. The Hall–Kier alpha value is -2.77. The highest BCUT2D eigenvalue weighted by atomic mass is 19.4. The van der Waals surface area contributed by atoms with Gasteiger partial charge in [0.2, 0.25) is 0 Å². The monoisotopic (exact) mass is 393 g/mol. The summed E-state index contributed by atoms with van der Waals surface area (Å²) in [7, 11) is 1.30. The number of halogens is 3. The van der Waals surface area contributed by atoms with Crippen LogP contribution in [0.15, 0.2) is 29.1 Å². The lowest BCUT2D eigenvalue weighted by molar-refractivity contribution is -0.137. The smallest absolute Gasteiger partial charge is 0.416 e. The van der Waals surface area contributed by atoms with Crippen molar-refractivity contribution < 1.29 is 17.9 Å². The molecule has 3 rings (SSSR count). The molecule has 0 N–H and O–H groups in total. The molecule has 0 aliphatic heterocycles. The number of methoxy groups -OCH3 is 1. The third kappa shape index (κ3) is 3.16. The molecule has 8 heteroatoms. The number of nitrogens with zero attached hydrogens (tertiary/aromatic N) is 3. The van der Waals surface area contributed by atoms with Crippen LogP contribution in [0.2, 0.25) is 0 Å². The molecule has 0 saturated carbocycles. The second-order valence-corrected chi connectivity index (χ2v) is 6.94. The summed E-state index contributed by atoms with van der Waals surface area (Å²) in [6.07, 6.45) is -4.49. The fraction of sp³-hybridized carbons (Fsp3) is 0.400. The maximum absolute atomic E-state index is 13.2. The van der Waals surface area contributed by atoms with E-state index in [-0.39, 0.29) is 23.1 Å². The van der Waals surface area contributed by atoms with Crippen molar-refractivity contribution in [3.05, 3.63) is 51.4 Å². The Balaban J connectivity index is 2.36. The first-order valence-electron chi connectivity index (χ1n) is 8.98. The molecule has 0 radical (unpaired) electrons. The van der Waals surface area contributed by atoms with Gasteiger partial charge in [-0.3, -0.25) is 9.36 Å². The van der Waals surface area contributed by atoms with E-state index in [9.17, 15) is 18.0 Å². The molecule has 0 amide bonds. The van der Waals surface area contributed by atoms with E-state index in [1.807, 2.05) is 26.8 Å². The molecule has 28 heavy (non-hydrogen) atoms. The molecule has 0 atom stereocenters. The van der Waals surface area contributed by atoms with Gasteiger partial charge in [0.05, 0.1) is 18.2 Å². The van der Waals surface area contributed by atoms with Gasteiger partial charge in [-0.2, -0.15) is 13.2 Å². The van der Waals surface area contributed by atoms with Crippen LogP contribution >= 0.6 is 0 Å². The topological polar surface area (TPSA) is 48.5 Å². The maximum atomic E-state index is 13.2. The molecule has 5 nitrogen and oxygen atoms in total. The third-order valence-electron chi connectivity index (χ3n) is 4.79. The van der Waals surface area contributed by atoms with Gasteiger partial charge < -0.3 is 4.74 Å². The predicted octanol–water partition coefficient (Wildman–Crippen LogP) is 4.64. The number of hydrogen-bond donors (Lipinski definition) is 0. The predicted molar refractivity (Wildman–Crippen MR) is 101 cm³/mol. The van der Waals surface area contributed by atoms with Gasteiger partial charge in [-0.05, 0) is 49.6 Å². The number of rotatable bonds is 4. The van der Waals surface area contributed by atoms with Crippen molar-refractivity contribution in [2.75, 3.05) is 7.11 Å². The highest BCUT2D eigenvalue weighted by molar-refractivity contribution is 5.67. The molecule has 0 bridgehead atoms. The summed E-state index contributed by atoms with van der Waals surface area (Å²) in [5.74, 6) is 0.409. The van der Waals surface area contributed by atoms with Crippen LogP contribution in [-0.2, 0) is 12.7 Å². The van der Waals surface area contributed by atoms with Crippen molar-refractivity contribution in [1.82, 2.24) is 14.2 Å². The molecule has 0 aliphatic rings. The minimum absolute atomic E-state index is 0.0113. The van der Waals surface area contributed by atoms with Crippen molar-refractivity contribution in [2.24, 2.45) is 0 Å². The molecular weight excluding hydrogens is 371 g/mol. The van der Waals surface area contributed by atoms with E-state index < -0.39 is 11.7 Å². The van der Waals surface area contributed by atoms with Gasteiger partial charge in [-0.1, -0.05) is 13.8 Å². The maximum Gasteiger partial charge on any atom is 0.416 e. The molecule has 3 aromatic rings.